The van der Waals surface area contributed by atoms with E-state index >= 15 is 0 Å². The van der Waals surface area contributed by atoms with Gasteiger partial charge in [0, 0.05) is 23.7 Å². The Morgan fingerprint density at radius 2 is 1.82 bits per heavy atom. The molecule has 0 bridgehead atoms. The second-order valence-electron chi connectivity index (χ2n) is 7.25. The fraction of sp³-hybridized carbons (Fsp3) is 0.409. The maximum Gasteiger partial charge on any atom is 0.246 e. The standard InChI is InChI=1S/C22H26N2O7S2/c1-2-29-19-5-3-16(13-21(19)33(26,27)24-7-9-28-10-8-24)23-22(25)15-32-17-4-6-18-20(14-17)31-12-11-30-18/h3-6,13-14H,2,7-12,15H2,1H3,(H,23,25). The molecule has 1 fully saturated rings. The van der Waals surface area contributed by atoms with Crippen LogP contribution < -0.4 is 19.5 Å². The van der Waals surface area contributed by atoms with Crippen molar-refractivity contribution in [1.82, 2.24) is 4.31 Å². The number of amides is 1. The van der Waals surface area contributed by atoms with Gasteiger partial charge in [-0.15, -0.1) is 11.8 Å². The van der Waals surface area contributed by atoms with Gasteiger partial charge in [-0.1, -0.05) is 0 Å². The summed E-state index contributed by atoms with van der Waals surface area (Å²) in [6.07, 6.45) is 0. The number of ether oxygens (including phenoxy) is 4. The summed E-state index contributed by atoms with van der Waals surface area (Å²) in [6.45, 7) is 4.36. The Kier molecular flexibility index (Phi) is 7.63. The van der Waals surface area contributed by atoms with E-state index < -0.39 is 10.0 Å². The number of sulfonamides is 1. The number of fused-ring (bicyclic) bond motifs is 1. The molecule has 0 aliphatic carbocycles. The average molecular weight is 495 g/mol. The lowest BCUT2D eigenvalue weighted by molar-refractivity contribution is -0.113. The van der Waals surface area contributed by atoms with E-state index in [4.69, 9.17) is 18.9 Å². The topological polar surface area (TPSA) is 103 Å². The Morgan fingerprint density at radius 3 is 2.58 bits per heavy atom. The van der Waals surface area contributed by atoms with E-state index in [0.717, 1.165) is 4.90 Å². The molecule has 178 valence electrons. The predicted molar refractivity (Wildman–Crippen MR) is 124 cm³/mol. The zero-order valence-corrected chi connectivity index (χ0v) is 19.9. The van der Waals surface area contributed by atoms with Gasteiger partial charge in [0.1, 0.15) is 23.9 Å². The molecule has 33 heavy (non-hydrogen) atoms. The zero-order chi connectivity index (χ0) is 23.3. The minimum Gasteiger partial charge on any atom is -0.492 e. The highest BCUT2D eigenvalue weighted by Crippen LogP contribution is 2.34. The van der Waals surface area contributed by atoms with Gasteiger partial charge < -0.3 is 24.3 Å². The molecule has 1 saturated heterocycles. The number of rotatable bonds is 8. The van der Waals surface area contributed by atoms with Crippen LogP contribution in [-0.2, 0) is 19.6 Å². The van der Waals surface area contributed by atoms with Crippen LogP contribution in [0.25, 0.3) is 0 Å². The lowest BCUT2D eigenvalue weighted by Crippen LogP contribution is -2.40. The molecule has 2 heterocycles. The Bertz CT molecular complexity index is 1100. The summed E-state index contributed by atoms with van der Waals surface area (Å²) < 4.78 is 49.7. The number of thioether (sulfide) groups is 1. The molecule has 11 heteroatoms. The summed E-state index contributed by atoms with van der Waals surface area (Å²) in [4.78, 5) is 13.5. The number of nitrogens with zero attached hydrogens (tertiary/aromatic N) is 1. The number of hydrogen-bond donors (Lipinski definition) is 1. The van der Waals surface area contributed by atoms with Gasteiger partial charge in [-0.05, 0) is 43.3 Å². The van der Waals surface area contributed by atoms with Gasteiger partial charge in [0.25, 0.3) is 0 Å². The second kappa shape index (κ2) is 10.6. The van der Waals surface area contributed by atoms with E-state index in [2.05, 4.69) is 5.32 Å². The first kappa shape index (κ1) is 23.7. The van der Waals surface area contributed by atoms with Crippen LogP contribution in [0.2, 0.25) is 0 Å². The molecule has 2 aromatic carbocycles. The first-order valence-corrected chi connectivity index (χ1v) is 13.1. The fourth-order valence-corrected chi connectivity index (χ4v) is 5.74. The molecule has 0 spiro atoms. The minimum absolute atomic E-state index is 0.0311. The van der Waals surface area contributed by atoms with Gasteiger partial charge in [-0.2, -0.15) is 4.31 Å². The molecular weight excluding hydrogens is 468 g/mol. The normalized spacial score (nSPS) is 16.3. The van der Waals surface area contributed by atoms with Crippen LogP contribution in [0.3, 0.4) is 0 Å². The van der Waals surface area contributed by atoms with Crippen LogP contribution in [0, 0.1) is 0 Å². The number of nitrogens with one attached hydrogen (secondary N) is 1. The van der Waals surface area contributed by atoms with E-state index in [1.165, 1.54) is 22.1 Å². The van der Waals surface area contributed by atoms with Crippen LogP contribution in [-0.4, -0.2) is 70.5 Å². The second-order valence-corrected chi connectivity index (χ2v) is 10.2. The summed E-state index contributed by atoms with van der Waals surface area (Å²) in [5.74, 6) is 1.51. The van der Waals surface area contributed by atoms with Crippen LogP contribution in [0.15, 0.2) is 46.2 Å². The summed E-state index contributed by atoms with van der Waals surface area (Å²) in [5.41, 5.74) is 0.387. The number of carbonyl (C=O) groups is 1. The summed E-state index contributed by atoms with van der Waals surface area (Å²) >= 11 is 1.35. The molecule has 0 aromatic heterocycles. The third-order valence-electron chi connectivity index (χ3n) is 5.00. The highest BCUT2D eigenvalue weighted by Gasteiger charge is 2.29. The van der Waals surface area contributed by atoms with Crippen molar-refractivity contribution in [2.24, 2.45) is 0 Å². The zero-order valence-electron chi connectivity index (χ0n) is 18.2. The molecule has 1 N–H and O–H groups in total. The van der Waals surface area contributed by atoms with E-state index in [1.807, 2.05) is 18.2 Å². The number of carbonyl (C=O) groups excluding carboxylic acids is 1. The summed E-state index contributed by atoms with van der Waals surface area (Å²) in [6, 6.07) is 10.2. The molecule has 9 nitrogen and oxygen atoms in total. The Balaban J connectivity index is 1.45. The summed E-state index contributed by atoms with van der Waals surface area (Å²) in [7, 11) is -3.79. The number of hydrogen-bond acceptors (Lipinski definition) is 8. The van der Waals surface area contributed by atoms with Crippen LogP contribution in [0.1, 0.15) is 6.92 Å². The summed E-state index contributed by atoms with van der Waals surface area (Å²) in [5, 5.41) is 2.78. The van der Waals surface area contributed by atoms with Gasteiger partial charge in [-0.25, -0.2) is 8.42 Å². The highest BCUT2D eigenvalue weighted by molar-refractivity contribution is 8.00. The average Bonchev–Trinajstić information content (AvgIpc) is 2.84. The van der Waals surface area contributed by atoms with Crippen molar-refractivity contribution in [3.05, 3.63) is 36.4 Å². The van der Waals surface area contributed by atoms with Gasteiger partial charge in [0.15, 0.2) is 11.5 Å². The van der Waals surface area contributed by atoms with E-state index in [0.29, 0.717) is 50.2 Å². The quantitative estimate of drug-likeness (QED) is 0.559. The SMILES string of the molecule is CCOc1ccc(NC(=O)CSc2ccc3c(c2)OCCO3)cc1S(=O)(=O)N1CCOCC1. The van der Waals surface area contributed by atoms with Gasteiger partial charge in [0.05, 0.1) is 25.6 Å². The minimum atomic E-state index is -3.79. The predicted octanol–water partition coefficient (Wildman–Crippen LogP) is 2.61. The Morgan fingerprint density at radius 1 is 1.06 bits per heavy atom. The van der Waals surface area contributed by atoms with Crippen LogP contribution >= 0.6 is 11.8 Å². The maximum atomic E-state index is 13.2. The van der Waals surface area contributed by atoms with Crippen molar-refractivity contribution in [1.29, 1.82) is 0 Å². The lowest BCUT2D eigenvalue weighted by Gasteiger charge is -2.27. The molecule has 1 amide bonds. The fourth-order valence-electron chi connectivity index (χ4n) is 3.45. The Labute approximate surface area is 197 Å². The van der Waals surface area contributed by atoms with Crippen molar-refractivity contribution in [3.8, 4) is 17.2 Å². The first-order valence-electron chi connectivity index (χ1n) is 10.6. The van der Waals surface area contributed by atoms with Crippen molar-refractivity contribution < 1.29 is 32.2 Å². The molecule has 2 aliphatic rings. The molecule has 4 rings (SSSR count). The number of benzene rings is 2. The van der Waals surface area contributed by atoms with E-state index in [-0.39, 0.29) is 35.4 Å². The van der Waals surface area contributed by atoms with Crippen LogP contribution in [0.5, 0.6) is 17.2 Å². The molecule has 0 radical (unpaired) electrons. The smallest absolute Gasteiger partial charge is 0.246 e. The third-order valence-corrected chi connectivity index (χ3v) is 7.91. The molecular formula is C22H26N2O7S2. The van der Waals surface area contributed by atoms with Crippen molar-refractivity contribution in [2.75, 3.05) is 57.2 Å². The monoisotopic (exact) mass is 494 g/mol. The maximum absolute atomic E-state index is 13.2. The van der Waals surface area contributed by atoms with Crippen molar-refractivity contribution in [2.45, 2.75) is 16.7 Å². The number of anilines is 1. The molecule has 0 saturated carbocycles. The van der Waals surface area contributed by atoms with Crippen molar-refractivity contribution in [3.63, 3.8) is 0 Å². The van der Waals surface area contributed by atoms with Gasteiger partial charge in [0.2, 0.25) is 15.9 Å². The van der Waals surface area contributed by atoms with E-state index in [1.54, 1.807) is 19.1 Å². The molecule has 2 aliphatic heterocycles. The largest absolute Gasteiger partial charge is 0.492 e. The lowest BCUT2D eigenvalue weighted by atomic mass is 10.3. The Hall–Kier alpha value is -2.47. The molecule has 0 unspecified atom stereocenters. The molecule has 0 atom stereocenters. The van der Waals surface area contributed by atoms with Crippen molar-refractivity contribution >= 4 is 33.4 Å². The third kappa shape index (κ3) is 5.72. The van der Waals surface area contributed by atoms with Gasteiger partial charge >= 0.3 is 0 Å². The highest BCUT2D eigenvalue weighted by atomic mass is 32.2. The molecule has 2 aromatic rings. The van der Waals surface area contributed by atoms with E-state index in [9.17, 15) is 13.2 Å². The van der Waals surface area contributed by atoms with Crippen LogP contribution in [0.4, 0.5) is 5.69 Å². The number of morpholine rings is 1. The first-order chi connectivity index (χ1) is 16.0. The van der Waals surface area contributed by atoms with Gasteiger partial charge in [-0.3, -0.25) is 4.79 Å².